The van der Waals surface area contributed by atoms with Crippen LogP contribution in [-0.2, 0) is 52.7 Å². The number of nitrogens with zero attached hydrogens (tertiary/aromatic N) is 2. The Bertz CT molecular complexity index is 2090. The number of carbonyl (C=O) groups is 11. The fraction of sp³-hybridized carbons (Fsp3) is 0.788. The lowest BCUT2D eigenvalue weighted by Crippen LogP contribution is -2.62. The van der Waals surface area contributed by atoms with Crippen molar-refractivity contribution >= 4 is 65.0 Å². The lowest BCUT2D eigenvalue weighted by Gasteiger charge is -2.33. The predicted molar refractivity (Wildman–Crippen MR) is 299 cm³/mol. The molecule has 0 radical (unpaired) electrons. The van der Waals surface area contributed by atoms with E-state index in [4.69, 9.17) is 16.6 Å². The predicted octanol–water partition coefficient (Wildman–Crippen LogP) is -10.3. The van der Waals surface area contributed by atoms with E-state index in [1.165, 1.54) is 9.80 Å². The van der Waals surface area contributed by atoms with Gasteiger partial charge in [0.05, 0.1) is 32.8 Å². The van der Waals surface area contributed by atoms with Crippen LogP contribution in [0.4, 0.5) is 0 Å². The van der Waals surface area contributed by atoms with Crippen molar-refractivity contribution in [1.29, 1.82) is 0 Å². The third-order valence-electron chi connectivity index (χ3n) is 14.5. The van der Waals surface area contributed by atoms with Crippen LogP contribution in [0.2, 0.25) is 0 Å². The first-order chi connectivity index (χ1) is 39.6. The number of carbonyl (C=O) groups excluding carboxylic acids is 10. The van der Waals surface area contributed by atoms with Gasteiger partial charge in [-0.25, -0.2) is 0 Å². The van der Waals surface area contributed by atoms with Gasteiger partial charge in [0.25, 0.3) is 5.91 Å². The summed E-state index contributed by atoms with van der Waals surface area (Å²) in [6.45, 7) is 4.52. The zero-order chi connectivity index (χ0) is 62.0. The molecule has 31 heteroatoms. The molecule has 10 amide bonds. The number of aliphatic carboxylic acids is 1. The van der Waals surface area contributed by atoms with Crippen molar-refractivity contribution in [1.82, 2.24) is 57.7 Å². The summed E-state index contributed by atoms with van der Waals surface area (Å²) >= 11 is 0. The Hall–Kier alpha value is -6.19. The van der Waals surface area contributed by atoms with E-state index in [0.29, 0.717) is 96.8 Å². The minimum Gasteiger partial charge on any atom is -0.480 e. The van der Waals surface area contributed by atoms with E-state index in [9.17, 15) is 57.8 Å². The highest BCUT2D eigenvalue weighted by Gasteiger charge is 2.44. The molecule has 0 aliphatic carbocycles. The molecule has 2 rings (SSSR count). The average Bonchev–Trinajstić information content (AvgIpc) is 4.01. The summed E-state index contributed by atoms with van der Waals surface area (Å²) in [6, 6.07) is -10.5. The van der Waals surface area contributed by atoms with Gasteiger partial charge >= 0.3 is 5.97 Å². The highest BCUT2D eigenvalue weighted by molar-refractivity contribution is 5.99. The fourth-order valence-electron chi connectivity index (χ4n) is 9.87. The number of nitrogens with one attached hydrogen (secondary N) is 9. The smallest absolute Gasteiger partial charge is 0.322 e. The van der Waals surface area contributed by atoms with Crippen LogP contribution in [0, 0.1) is 5.92 Å². The molecule has 474 valence electrons. The standard InChI is InChI=1S/C52H98N18O13/c1-31(2)42(49(81)61-29-41(73)74)68-47(79)35(17-6-10-24-56)65-46(78)36(18-11-25-60-52(58)59)66-44(76)33(15-4-8-22-54)63-43(75)32(14-3-7-21-53)64-45(77)34(16-5-9-23-55)67-48(80)38-19-12-26-69(38)51(83)39-20-13-27-70(39)50(82)37(30-71)62-40(72)28-57/h31-39,42,52,60,71H,3-30,53-59H2,1-2H3,(H,61,81)(H,62,72)(H,63,75)(H,64,77)(H,65,78)(H,66,76)(H,67,80)(H,68,79)(H,73,74)/p+5/t32-,33-,34-,35-,36-,37-,38-,39-,42-/m0/s1. The monoisotopic (exact) mass is 1190 g/mol. The molecule has 2 saturated heterocycles. The van der Waals surface area contributed by atoms with Crippen LogP contribution in [0.5, 0.6) is 0 Å². The molecule has 0 unspecified atom stereocenters. The highest BCUT2D eigenvalue weighted by Crippen LogP contribution is 2.26. The molecular weight excluding hydrogens is 1080 g/mol. The molecule has 2 aliphatic rings. The van der Waals surface area contributed by atoms with Crippen molar-refractivity contribution in [2.45, 2.75) is 190 Å². The SMILES string of the molecule is CC(C)[C@H](NC(=O)[C@H](CCCC[NH3+])NC(=O)[C@H](CCCNC(N)N)NC(=O)[C@H](CCCC[NH3+])NC(=O)[C@H](CCCC[NH3+])NC(=O)[C@H](CCCC[NH3+])NC(=O)[C@@H]1CCCN1C(=O)[C@@H]1CCCN1C(=O)[C@H](CO)NC(=O)C[NH3+])C(=O)NCC(=O)O. The van der Waals surface area contributed by atoms with Crippen molar-refractivity contribution in [2.75, 3.05) is 65.5 Å². The number of rotatable bonds is 42. The Labute approximate surface area is 486 Å². The van der Waals surface area contributed by atoms with Crippen molar-refractivity contribution in [3.63, 3.8) is 0 Å². The second kappa shape index (κ2) is 40.1. The van der Waals surface area contributed by atoms with Crippen molar-refractivity contribution in [3.05, 3.63) is 0 Å². The molecule has 0 aromatic carbocycles. The second-order valence-electron chi connectivity index (χ2n) is 21.6. The first-order valence-corrected chi connectivity index (χ1v) is 29.6. The third kappa shape index (κ3) is 26.1. The maximum absolute atomic E-state index is 14.5. The van der Waals surface area contributed by atoms with Gasteiger partial charge in [-0.15, -0.1) is 0 Å². The molecule has 2 fully saturated rings. The molecule has 2 aliphatic heterocycles. The van der Waals surface area contributed by atoms with Gasteiger partial charge in [0, 0.05) is 13.1 Å². The Morgan fingerprint density at radius 2 is 0.928 bits per heavy atom. The normalized spacial score (nSPS) is 17.5. The van der Waals surface area contributed by atoms with Crippen LogP contribution in [0.25, 0.3) is 0 Å². The summed E-state index contributed by atoms with van der Waals surface area (Å²) in [7, 11) is 0. The number of quaternary nitrogens is 5. The summed E-state index contributed by atoms with van der Waals surface area (Å²) in [5.74, 6) is -8.38. The fourth-order valence-corrected chi connectivity index (χ4v) is 9.87. The lowest BCUT2D eigenvalue weighted by molar-refractivity contribution is -0.369. The van der Waals surface area contributed by atoms with Gasteiger partial charge < -0.3 is 103 Å². The molecule has 83 heavy (non-hydrogen) atoms. The van der Waals surface area contributed by atoms with Crippen LogP contribution in [0.1, 0.15) is 129 Å². The number of nitrogens with two attached hydrogens (primary N) is 2. The molecule has 0 aromatic heterocycles. The number of unbranched alkanes of at least 4 members (excludes halogenated alkanes) is 4. The summed E-state index contributed by atoms with van der Waals surface area (Å²) in [5, 5.41) is 43.3. The summed E-state index contributed by atoms with van der Waals surface area (Å²) < 4.78 is 0. The van der Waals surface area contributed by atoms with E-state index in [1.807, 2.05) is 0 Å². The van der Waals surface area contributed by atoms with Crippen molar-refractivity contribution < 1.29 is 91.6 Å². The van der Waals surface area contributed by atoms with Gasteiger partial charge in [-0.3, -0.25) is 58.1 Å². The van der Waals surface area contributed by atoms with Crippen LogP contribution in [0.3, 0.4) is 0 Å². The summed E-state index contributed by atoms with van der Waals surface area (Å²) in [6.07, 6.45) is 5.51. The van der Waals surface area contributed by atoms with Gasteiger partial charge in [-0.2, -0.15) is 0 Å². The zero-order valence-corrected chi connectivity index (χ0v) is 49.1. The first-order valence-electron chi connectivity index (χ1n) is 29.6. The van der Waals surface area contributed by atoms with E-state index in [0.717, 1.165) is 0 Å². The van der Waals surface area contributed by atoms with E-state index in [2.05, 4.69) is 76.5 Å². The van der Waals surface area contributed by atoms with E-state index in [-0.39, 0.29) is 71.1 Å². The van der Waals surface area contributed by atoms with Crippen LogP contribution >= 0.6 is 0 Å². The molecule has 0 bridgehead atoms. The third-order valence-corrected chi connectivity index (χ3v) is 14.5. The van der Waals surface area contributed by atoms with Crippen LogP contribution in [-0.4, -0.2) is 211 Å². The van der Waals surface area contributed by atoms with Gasteiger partial charge in [0.15, 0.2) is 6.54 Å². The molecule has 31 nitrogen and oxygen atoms in total. The Balaban J connectivity index is 2.45. The molecule has 0 saturated carbocycles. The summed E-state index contributed by atoms with van der Waals surface area (Å²) in [5.41, 5.74) is 30.5. The van der Waals surface area contributed by atoms with E-state index < -0.39 is 145 Å². The first kappa shape index (κ1) is 72.9. The molecule has 0 aromatic rings. The van der Waals surface area contributed by atoms with Gasteiger partial charge in [0.2, 0.25) is 53.2 Å². The number of aliphatic hydroxyl groups excluding tert-OH is 1. The number of aliphatic hydroxyl groups is 1. The number of hydrogen-bond acceptors (Lipinski definition) is 15. The number of hydrogen-bond donors (Lipinski definition) is 18. The maximum Gasteiger partial charge on any atom is 0.322 e. The van der Waals surface area contributed by atoms with Crippen molar-refractivity contribution in [3.8, 4) is 0 Å². The summed E-state index contributed by atoms with van der Waals surface area (Å²) in [4.78, 5) is 153. The van der Waals surface area contributed by atoms with Gasteiger partial charge in [0.1, 0.15) is 67.2 Å². The van der Waals surface area contributed by atoms with Crippen molar-refractivity contribution in [2.24, 2.45) is 17.4 Å². The topological polar surface area (TPSA) is 533 Å². The number of carboxylic acids is 1. The maximum atomic E-state index is 14.5. The van der Waals surface area contributed by atoms with Crippen LogP contribution in [0.15, 0.2) is 0 Å². The molecule has 0 spiro atoms. The quantitative estimate of drug-likeness (QED) is 0.0199. The minimum atomic E-state index is -1.29. The Kier molecular flexibility index (Phi) is 35.3. The molecule has 9 atom stereocenters. The number of carboxylic acid groups (broad SMARTS) is 1. The highest BCUT2D eigenvalue weighted by atomic mass is 16.4. The number of amides is 10. The Morgan fingerprint density at radius 3 is 1.33 bits per heavy atom. The van der Waals surface area contributed by atoms with E-state index in [1.54, 1.807) is 13.8 Å². The van der Waals surface area contributed by atoms with Gasteiger partial charge in [-0.1, -0.05) is 13.8 Å². The lowest BCUT2D eigenvalue weighted by atomic mass is 10.0. The van der Waals surface area contributed by atoms with Gasteiger partial charge in [-0.05, 0) is 128 Å². The molecule has 2 heterocycles. The molecular formula is C52H103N18O13+5. The molecule has 30 N–H and O–H groups in total. The minimum absolute atomic E-state index is 0.00992. The Morgan fingerprint density at radius 1 is 0.518 bits per heavy atom. The zero-order valence-electron chi connectivity index (χ0n) is 49.1. The second-order valence-corrected chi connectivity index (χ2v) is 21.6. The average molecular weight is 1190 g/mol. The van der Waals surface area contributed by atoms with Crippen LogP contribution < -0.4 is 88.0 Å². The number of likely N-dealkylation sites (tertiary alicyclic amines) is 2. The van der Waals surface area contributed by atoms with E-state index >= 15 is 0 Å². The largest absolute Gasteiger partial charge is 0.480 e.